The fourth-order valence-electron chi connectivity index (χ4n) is 4.94. The van der Waals surface area contributed by atoms with Crippen molar-refractivity contribution >= 4 is 17.0 Å². The molecular formula is C21H30FN5O5. The fraction of sp³-hybridized carbons (Fsp3) is 0.762. The highest BCUT2D eigenvalue weighted by Gasteiger charge is 2.45. The Morgan fingerprint density at radius 2 is 1.94 bits per heavy atom. The van der Waals surface area contributed by atoms with Crippen molar-refractivity contribution in [3.8, 4) is 0 Å². The third-order valence-electron chi connectivity index (χ3n) is 6.86. The fourth-order valence-corrected chi connectivity index (χ4v) is 4.94. The minimum absolute atomic E-state index is 0.0332. The highest BCUT2D eigenvalue weighted by Crippen LogP contribution is 2.36. The van der Waals surface area contributed by atoms with Gasteiger partial charge in [-0.15, -0.1) is 0 Å². The van der Waals surface area contributed by atoms with Crippen LogP contribution in [0.2, 0.25) is 0 Å². The number of aliphatic hydroxyl groups is 3. The van der Waals surface area contributed by atoms with Gasteiger partial charge in [0.15, 0.2) is 35.2 Å². The van der Waals surface area contributed by atoms with Gasteiger partial charge in [0.05, 0.1) is 12.9 Å². The van der Waals surface area contributed by atoms with Crippen LogP contribution in [0.4, 0.5) is 10.2 Å². The van der Waals surface area contributed by atoms with Crippen LogP contribution < -0.4 is 5.32 Å². The van der Waals surface area contributed by atoms with E-state index in [-0.39, 0.29) is 17.8 Å². The van der Waals surface area contributed by atoms with Crippen molar-refractivity contribution in [1.82, 2.24) is 19.5 Å². The van der Waals surface area contributed by atoms with Gasteiger partial charge in [-0.05, 0) is 31.6 Å². The van der Waals surface area contributed by atoms with E-state index in [9.17, 15) is 19.7 Å². The standard InChI is InChI=1S/C21H30FN5O5/c22-14-17(30)13(9-28)32-21(14)27-10-23-15-18(24-12-3-1-2-4-12)25-19(26-20(15)27)16(29)11-5-7-31-8-6-11/h10-14,16-17,21,28-30H,1-9H2,(H,24,25,26)/t13-,14+,16?,17-,21-/m1/s1. The van der Waals surface area contributed by atoms with Gasteiger partial charge in [-0.1, -0.05) is 12.8 Å². The van der Waals surface area contributed by atoms with E-state index < -0.39 is 37.3 Å². The largest absolute Gasteiger partial charge is 0.394 e. The van der Waals surface area contributed by atoms with Gasteiger partial charge < -0.3 is 30.1 Å². The lowest BCUT2D eigenvalue weighted by atomic mass is 9.93. The monoisotopic (exact) mass is 451 g/mol. The Balaban J connectivity index is 1.54. The number of anilines is 1. The maximum Gasteiger partial charge on any atom is 0.173 e. The first kappa shape index (κ1) is 21.9. The smallest absolute Gasteiger partial charge is 0.173 e. The molecule has 0 aromatic carbocycles. The van der Waals surface area contributed by atoms with Crippen LogP contribution in [0.5, 0.6) is 0 Å². The Bertz CT molecular complexity index is 933. The van der Waals surface area contributed by atoms with Crippen molar-refractivity contribution in [2.24, 2.45) is 5.92 Å². The highest BCUT2D eigenvalue weighted by molar-refractivity contribution is 5.83. The molecule has 0 radical (unpaired) electrons. The zero-order valence-electron chi connectivity index (χ0n) is 17.8. The van der Waals surface area contributed by atoms with Gasteiger partial charge in [-0.3, -0.25) is 4.57 Å². The first-order valence-electron chi connectivity index (χ1n) is 11.4. The van der Waals surface area contributed by atoms with E-state index in [0.717, 1.165) is 25.7 Å². The van der Waals surface area contributed by atoms with Crippen molar-refractivity contribution in [2.75, 3.05) is 25.1 Å². The quantitative estimate of drug-likeness (QED) is 0.511. The molecule has 0 amide bonds. The Morgan fingerprint density at radius 1 is 1.19 bits per heavy atom. The highest BCUT2D eigenvalue weighted by atomic mass is 19.1. The second-order valence-electron chi connectivity index (χ2n) is 8.96. The van der Waals surface area contributed by atoms with Crippen LogP contribution in [0, 0.1) is 5.92 Å². The van der Waals surface area contributed by atoms with Gasteiger partial charge in [0, 0.05) is 19.3 Å². The number of hydrogen-bond acceptors (Lipinski definition) is 9. The molecule has 2 aromatic heterocycles. The van der Waals surface area contributed by atoms with E-state index in [1.54, 1.807) is 0 Å². The summed E-state index contributed by atoms with van der Waals surface area (Å²) < 4.78 is 27.2. The molecule has 1 unspecified atom stereocenters. The van der Waals surface area contributed by atoms with E-state index in [0.29, 0.717) is 43.0 Å². The topological polar surface area (TPSA) is 135 Å². The summed E-state index contributed by atoms with van der Waals surface area (Å²) in [5.41, 5.74) is 0.776. The average molecular weight is 451 g/mol. The number of rotatable bonds is 6. The Labute approximate surface area is 184 Å². The SMILES string of the molecule is OC[C@H]1O[C@@H](n2cnc3c(NC4CCCC4)nc(C(O)C4CCOCC4)nc32)[C@@H](F)[C@@H]1O. The minimum atomic E-state index is -1.75. The zero-order valence-corrected chi connectivity index (χ0v) is 17.8. The van der Waals surface area contributed by atoms with Gasteiger partial charge >= 0.3 is 0 Å². The molecule has 1 saturated carbocycles. The van der Waals surface area contributed by atoms with Crippen molar-refractivity contribution < 1.29 is 29.2 Å². The van der Waals surface area contributed by atoms with E-state index >= 15 is 0 Å². The minimum Gasteiger partial charge on any atom is -0.394 e. The van der Waals surface area contributed by atoms with Crippen molar-refractivity contribution in [2.45, 2.75) is 75.3 Å². The van der Waals surface area contributed by atoms with Crippen LogP contribution in [0.25, 0.3) is 11.2 Å². The molecule has 10 nitrogen and oxygen atoms in total. The third kappa shape index (κ3) is 3.96. The molecule has 2 saturated heterocycles. The second kappa shape index (κ2) is 9.14. The second-order valence-corrected chi connectivity index (χ2v) is 8.96. The van der Waals surface area contributed by atoms with E-state index in [2.05, 4.69) is 20.3 Å². The number of hydrogen-bond donors (Lipinski definition) is 4. The lowest BCUT2D eigenvalue weighted by molar-refractivity contribution is -0.0460. The van der Waals surface area contributed by atoms with Gasteiger partial charge in [0.1, 0.15) is 18.3 Å². The summed E-state index contributed by atoms with van der Waals surface area (Å²) in [5, 5.41) is 33.9. The predicted molar refractivity (Wildman–Crippen MR) is 112 cm³/mol. The summed E-state index contributed by atoms with van der Waals surface area (Å²) in [6, 6.07) is 0.253. The van der Waals surface area contributed by atoms with Crippen molar-refractivity contribution in [1.29, 1.82) is 0 Å². The lowest BCUT2D eigenvalue weighted by Gasteiger charge is -2.26. The lowest BCUT2D eigenvalue weighted by Crippen LogP contribution is -2.30. The number of aliphatic hydroxyl groups excluding tert-OH is 3. The van der Waals surface area contributed by atoms with E-state index in [1.807, 2.05) is 0 Å². The first-order valence-corrected chi connectivity index (χ1v) is 11.4. The molecule has 11 heteroatoms. The first-order chi connectivity index (χ1) is 15.6. The van der Waals surface area contributed by atoms with Gasteiger partial charge in [0.2, 0.25) is 0 Å². The zero-order chi connectivity index (χ0) is 22.2. The van der Waals surface area contributed by atoms with Crippen LogP contribution in [0.15, 0.2) is 6.33 Å². The molecule has 3 aliphatic rings. The van der Waals surface area contributed by atoms with Gasteiger partial charge in [-0.25, -0.2) is 19.3 Å². The van der Waals surface area contributed by atoms with E-state index in [4.69, 9.17) is 9.47 Å². The molecule has 176 valence electrons. The Hall–Kier alpha value is -1.92. The molecule has 0 bridgehead atoms. The number of nitrogens with zero attached hydrogens (tertiary/aromatic N) is 4. The summed E-state index contributed by atoms with van der Waals surface area (Å²) in [4.78, 5) is 13.6. The molecule has 1 aliphatic carbocycles. The number of aromatic nitrogens is 4. The summed E-state index contributed by atoms with van der Waals surface area (Å²) >= 11 is 0. The van der Waals surface area contributed by atoms with Crippen LogP contribution in [-0.4, -0.2) is 79.1 Å². The van der Waals surface area contributed by atoms with Crippen molar-refractivity contribution in [3.63, 3.8) is 0 Å². The molecule has 32 heavy (non-hydrogen) atoms. The van der Waals surface area contributed by atoms with Crippen molar-refractivity contribution in [3.05, 3.63) is 12.2 Å². The molecule has 5 atom stereocenters. The van der Waals surface area contributed by atoms with Gasteiger partial charge in [-0.2, -0.15) is 0 Å². The molecule has 0 spiro atoms. The number of ether oxygens (including phenoxy) is 2. The Morgan fingerprint density at radius 3 is 2.62 bits per heavy atom. The number of nitrogens with one attached hydrogen (secondary N) is 1. The molecule has 4 heterocycles. The molecular weight excluding hydrogens is 421 g/mol. The molecule has 4 N–H and O–H groups in total. The predicted octanol–water partition coefficient (Wildman–Crippen LogP) is 1.23. The van der Waals surface area contributed by atoms with Crippen LogP contribution in [0.1, 0.15) is 56.7 Å². The molecule has 2 aliphatic heterocycles. The van der Waals surface area contributed by atoms with Crippen LogP contribution in [-0.2, 0) is 9.47 Å². The number of alkyl halides is 1. The maximum absolute atomic E-state index is 14.8. The summed E-state index contributed by atoms with van der Waals surface area (Å²) in [6.07, 6.45) is 0.820. The molecule has 3 fully saturated rings. The summed E-state index contributed by atoms with van der Waals surface area (Å²) in [5.74, 6) is 0.725. The van der Waals surface area contributed by atoms with Gasteiger partial charge in [0.25, 0.3) is 0 Å². The number of halogens is 1. The summed E-state index contributed by atoms with van der Waals surface area (Å²) in [6.45, 7) is 0.659. The number of imidazole rings is 1. The maximum atomic E-state index is 14.8. The van der Waals surface area contributed by atoms with Crippen LogP contribution in [0.3, 0.4) is 0 Å². The van der Waals surface area contributed by atoms with E-state index in [1.165, 1.54) is 10.9 Å². The van der Waals surface area contributed by atoms with Crippen LogP contribution >= 0.6 is 0 Å². The Kier molecular flexibility index (Phi) is 6.26. The molecule has 5 rings (SSSR count). The molecule has 2 aromatic rings. The summed E-state index contributed by atoms with van der Waals surface area (Å²) in [7, 11) is 0. The normalized spacial score (nSPS) is 30.9. The number of fused-ring (bicyclic) bond motifs is 1. The third-order valence-corrected chi connectivity index (χ3v) is 6.86. The average Bonchev–Trinajstić information content (AvgIpc) is 3.54.